The monoisotopic (exact) mass is 323 g/mol. The number of anilines is 1. The first-order chi connectivity index (χ1) is 9.24. The van der Waals surface area contributed by atoms with E-state index in [1.165, 1.54) is 0 Å². The molecule has 1 aromatic rings. The molecule has 0 radical (unpaired) electrons. The van der Waals surface area contributed by atoms with Crippen molar-refractivity contribution in [3.63, 3.8) is 0 Å². The van der Waals surface area contributed by atoms with E-state index in [1.54, 1.807) is 0 Å². The van der Waals surface area contributed by atoms with E-state index in [2.05, 4.69) is 31.8 Å². The lowest BCUT2D eigenvalue weighted by molar-refractivity contribution is 0.204. The Kier molecular flexibility index (Phi) is 5.20. The maximum atomic E-state index is 9.24. The molecule has 4 nitrogen and oxygen atoms in total. The Morgan fingerprint density at radius 3 is 2.84 bits per heavy atom. The molecular formula is C14H18BrN3O. The van der Waals surface area contributed by atoms with Crippen molar-refractivity contribution >= 4 is 21.6 Å². The van der Waals surface area contributed by atoms with Gasteiger partial charge in [0.25, 0.3) is 0 Å². The highest BCUT2D eigenvalue weighted by Gasteiger charge is 2.17. The van der Waals surface area contributed by atoms with Gasteiger partial charge in [-0.1, -0.05) is 15.9 Å². The summed E-state index contributed by atoms with van der Waals surface area (Å²) >= 11 is 3.40. The minimum atomic E-state index is 0.210. The number of nitriles is 1. The summed E-state index contributed by atoms with van der Waals surface area (Å²) in [4.78, 5) is 4.53. The average molecular weight is 324 g/mol. The van der Waals surface area contributed by atoms with Crippen molar-refractivity contribution in [1.82, 2.24) is 4.90 Å². The fourth-order valence-corrected chi connectivity index (χ4v) is 2.81. The predicted molar refractivity (Wildman–Crippen MR) is 79.2 cm³/mol. The minimum absolute atomic E-state index is 0.210. The van der Waals surface area contributed by atoms with Crippen LogP contribution in [0.15, 0.2) is 22.7 Å². The molecule has 1 N–H and O–H groups in total. The van der Waals surface area contributed by atoms with Gasteiger partial charge in [-0.05, 0) is 31.2 Å². The number of aliphatic hydroxyl groups is 1. The van der Waals surface area contributed by atoms with Crippen LogP contribution >= 0.6 is 15.9 Å². The maximum Gasteiger partial charge on any atom is 0.101 e. The van der Waals surface area contributed by atoms with Crippen LogP contribution in [0.5, 0.6) is 0 Å². The first kappa shape index (κ1) is 14.3. The summed E-state index contributed by atoms with van der Waals surface area (Å²) in [7, 11) is 0. The van der Waals surface area contributed by atoms with Gasteiger partial charge >= 0.3 is 0 Å². The van der Waals surface area contributed by atoms with Gasteiger partial charge in [0.1, 0.15) is 6.07 Å². The van der Waals surface area contributed by atoms with E-state index in [0.717, 1.165) is 49.3 Å². The number of halogens is 1. The average Bonchev–Trinajstić information content (AvgIpc) is 2.65. The van der Waals surface area contributed by atoms with E-state index >= 15 is 0 Å². The number of hydrogen-bond acceptors (Lipinski definition) is 4. The molecule has 0 spiro atoms. The number of hydrogen-bond donors (Lipinski definition) is 1. The van der Waals surface area contributed by atoms with Gasteiger partial charge in [-0.2, -0.15) is 5.26 Å². The minimum Gasteiger partial charge on any atom is -0.395 e. The third-order valence-corrected chi connectivity index (χ3v) is 3.92. The third kappa shape index (κ3) is 3.69. The zero-order chi connectivity index (χ0) is 13.7. The number of nitrogens with zero attached hydrogens (tertiary/aromatic N) is 3. The van der Waals surface area contributed by atoms with Crippen LogP contribution < -0.4 is 4.90 Å². The summed E-state index contributed by atoms with van der Waals surface area (Å²) in [6, 6.07) is 8.12. The number of β-amino-alcohol motifs (C(OH)–C–C–N with tert-alkyl or cyclic N) is 1. The smallest absolute Gasteiger partial charge is 0.101 e. The molecule has 0 saturated carbocycles. The third-order valence-electron chi connectivity index (χ3n) is 3.42. The summed E-state index contributed by atoms with van der Waals surface area (Å²) in [6.45, 7) is 4.74. The molecule has 1 heterocycles. The van der Waals surface area contributed by atoms with Gasteiger partial charge in [0, 0.05) is 30.7 Å². The second kappa shape index (κ2) is 6.90. The van der Waals surface area contributed by atoms with Crippen molar-refractivity contribution < 1.29 is 5.11 Å². The molecule has 1 saturated heterocycles. The van der Waals surface area contributed by atoms with Gasteiger partial charge in [-0.3, -0.25) is 4.90 Å². The van der Waals surface area contributed by atoms with E-state index in [-0.39, 0.29) is 6.61 Å². The second-order valence-corrected chi connectivity index (χ2v) is 5.59. The molecule has 1 aliphatic heterocycles. The SMILES string of the molecule is N#Cc1cc(Br)ccc1N1CCCN(CCO)CC1. The van der Waals surface area contributed by atoms with Crippen LogP contribution in [-0.2, 0) is 0 Å². The fraction of sp³-hybridized carbons (Fsp3) is 0.500. The molecule has 1 aliphatic rings. The van der Waals surface area contributed by atoms with Gasteiger partial charge < -0.3 is 10.0 Å². The molecule has 19 heavy (non-hydrogen) atoms. The van der Waals surface area contributed by atoms with E-state index in [4.69, 9.17) is 5.11 Å². The van der Waals surface area contributed by atoms with Crippen molar-refractivity contribution in [1.29, 1.82) is 5.26 Å². The van der Waals surface area contributed by atoms with Crippen LogP contribution in [0.1, 0.15) is 12.0 Å². The highest BCUT2D eigenvalue weighted by atomic mass is 79.9. The lowest BCUT2D eigenvalue weighted by atomic mass is 10.1. The van der Waals surface area contributed by atoms with Crippen LogP contribution in [0, 0.1) is 11.3 Å². The number of benzene rings is 1. The summed E-state index contributed by atoms with van der Waals surface area (Å²) in [6.07, 6.45) is 1.06. The molecule has 0 aliphatic carbocycles. The Morgan fingerprint density at radius 1 is 1.26 bits per heavy atom. The van der Waals surface area contributed by atoms with E-state index in [0.29, 0.717) is 5.56 Å². The van der Waals surface area contributed by atoms with Crippen molar-refractivity contribution in [3.05, 3.63) is 28.2 Å². The number of rotatable bonds is 3. The highest BCUT2D eigenvalue weighted by Crippen LogP contribution is 2.25. The Labute approximate surface area is 122 Å². The van der Waals surface area contributed by atoms with Crippen molar-refractivity contribution in [2.45, 2.75) is 6.42 Å². The summed E-state index contributed by atoms with van der Waals surface area (Å²) in [5.41, 5.74) is 1.72. The summed E-state index contributed by atoms with van der Waals surface area (Å²) in [5, 5.41) is 18.2. The lowest BCUT2D eigenvalue weighted by Gasteiger charge is -2.24. The largest absolute Gasteiger partial charge is 0.395 e. The molecule has 0 amide bonds. The Morgan fingerprint density at radius 2 is 2.11 bits per heavy atom. The quantitative estimate of drug-likeness (QED) is 0.922. The number of aliphatic hydroxyl groups excluding tert-OH is 1. The molecule has 5 heteroatoms. The van der Waals surface area contributed by atoms with Gasteiger partial charge in [-0.15, -0.1) is 0 Å². The van der Waals surface area contributed by atoms with E-state index in [9.17, 15) is 5.26 Å². The zero-order valence-corrected chi connectivity index (χ0v) is 12.4. The second-order valence-electron chi connectivity index (χ2n) is 4.68. The molecule has 2 rings (SSSR count). The standard InChI is InChI=1S/C14H18BrN3O/c15-13-2-3-14(12(10-13)11-16)18-5-1-4-17(6-7-18)8-9-19/h2-3,10,19H,1,4-9H2. The fourth-order valence-electron chi connectivity index (χ4n) is 2.45. The zero-order valence-electron chi connectivity index (χ0n) is 10.8. The normalized spacial score (nSPS) is 17.0. The van der Waals surface area contributed by atoms with Gasteiger partial charge in [-0.25, -0.2) is 0 Å². The molecule has 0 atom stereocenters. The topological polar surface area (TPSA) is 50.5 Å². The molecule has 1 aromatic carbocycles. The Hall–Kier alpha value is -1.09. The lowest BCUT2D eigenvalue weighted by Crippen LogP contribution is -2.32. The first-order valence-corrected chi connectivity index (χ1v) is 7.31. The molecule has 1 fully saturated rings. The molecular weight excluding hydrogens is 306 g/mol. The maximum absolute atomic E-state index is 9.24. The summed E-state index contributed by atoms with van der Waals surface area (Å²) in [5.74, 6) is 0. The van der Waals surface area contributed by atoms with E-state index in [1.807, 2.05) is 18.2 Å². The van der Waals surface area contributed by atoms with Crippen molar-refractivity contribution in [2.75, 3.05) is 44.2 Å². The van der Waals surface area contributed by atoms with Crippen LogP contribution in [0.4, 0.5) is 5.69 Å². The van der Waals surface area contributed by atoms with Crippen molar-refractivity contribution in [3.8, 4) is 6.07 Å². The first-order valence-electron chi connectivity index (χ1n) is 6.52. The van der Waals surface area contributed by atoms with E-state index < -0.39 is 0 Å². The van der Waals surface area contributed by atoms with Crippen LogP contribution in [0.3, 0.4) is 0 Å². The Balaban J connectivity index is 2.12. The molecule has 0 bridgehead atoms. The van der Waals surface area contributed by atoms with Crippen LogP contribution in [0.25, 0.3) is 0 Å². The molecule has 0 aromatic heterocycles. The van der Waals surface area contributed by atoms with Crippen molar-refractivity contribution in [2.24, 2.45) is 0 Å². The van der Waals surface area contributed by atoms with Gasteiger partial charge in [0.15, 0.2) is 0 Å². The highest BCUT2D eigenvalue weighted by molar-refractivity contribution is 9.10. The molecule has 102 valence electrons. The predicted octanol–water partition coefficient (Wildman–Crippen LogP) is 1.83. The van der Waals surface area contributed by atoms with Crippen LogP contribution in [0.2, 0.25) is 0 Å². The molecule has 0 unspecified atom stereocenters. The van der Waals surface area contributed by atoms with Gasteiger partial charge in [0.05, 0.1) is 17.9 Å². The Bertz CT molecular complexity index is 472. The van der Waals surface area contributed by atoms with Crippen LogP contribution in [-0.4, -0.2) is 49.3 Å². The van der Waals surface area contributed by atoms with Gasteiger partial charge in [0.2, 0.25) is 0 Å². The summed E-state index contributed by atoms with van der Waals surface area (Å²) < 4.78 is 0.935.